The zero-order valence-corrected chi connectivity index (χ0v) is 26.6. The van der Waals surface area contributed by atoms with Crippen LogP contribution < -0.4 is 14.0 Å². The van der Waals surface area contributed by atoms with Crippen molar-refractivity contribution in [3.05, 3.63) is 84.3 Å². The molecule has 1 aliphatic heterocycles. The van der Waals surface area contributed by atoms with Gasteiger partial charge in [0.25, 0.3) is 11.8 Å². The maximum Gasteiger partial charge on any atom is 0.333 e. The fourth-order valence-electron chi connectivity index (χ4n) is 5.47. The molecule has 3 aromatic heterocycles. The van der Waals surface area contributed by atoms with Crippen molar-refractivity contribution in [2.75, 3.05) is 14.2 Å². The fourth-order valence-corrected chi connectivity index (χ4v) is 5.47. The van der Waals surface area contributed by atoms with Gasteiger partial charge in [-0.3, -0.25) is 9.59 Å². The van der Waals surface area contributed by atoms with Crippen LogP contribution in [0.1, 0.15) is 49.8 Å². The number of carbonyl (C=O) groups excluding carboxylic acids is 3. The third-order valence-corrected chi connectivity index (χ3v) is 7.99. The van der Waals surface area contributed by atoms with E-state index in [1.54, 1.807) is 14.2 Å². The number of hydrogen-bond acceptors (Lipinski definition) is 10. The quantitative estimate of drug-likeness (QED) is 0.0902. The summed E-state index contributed by atoms with van der Waals surface area (Å²) in [4.78, 5) is 45.4. The molecule has 0 atom stereocenters. The van der Waals surface area contributed by atoms with Crippen LogP contribution in [0.4, 0.5) is 0 Å². The van der Waals surface area contributed by atoms with Crippen LogP contribution in [0.15, 0.2) is 77.7 Å². The van der Waals surface area contributed by atoms with Gasteiger partial charge in [-0.15, -0.1) is 5.06 Å². The molecule has 0 N–H and O–H groups in total. The molecule has 0 bridgehead atoms. The second-order valence-corrected chi connectivity index (χ2v) is 11.2. The van der Waals surface area contributed by atoms with Crippen molar-refractivity contribution in [3.63, 3.8) is 0 Å². The van der Waals surface area contributed by atoms with Gasteiger partial charge < -0.3 is 14.3 Å². The highest BCUT2D eigenvalue weighted by molar-refractivity contribution is 6.02. The number of methoxy groups -OCH3 is 2. The standard InChI is InChI=1S/C36H34N5O7/c1-45-27-14-10-25(11-15-27)33-29(37-34(36-35(33)38-48-39-36)26-12-16-28(46-2)17-13-26)18-9-24-7-6-22-40(23-24)21-5-3-4-8-32(44)47-41-30(42)19-20-31(41)43/h6-7,9-18,22-23H,3-5,8,19-21H2,1-2H3/q+1/b18-9+. The summed E-state index contributed by atoms with van der Waals surface area (Å²) in [6.45, 7) is 0.743. The van der Waals surface area contributed by atoms with Crippen molar-refractivity contribution in [3.8, 4) is 33.9 Å². The summed E-state index contributed by atoms with van der Waals surface area (Å²) >= 11 is 0. The van der Waals surface area contributed by atoms with E-state index in [0.29, 0.717) is 33.9 Å². The Morgan fingerprint density at radius 3 is 2.21 bits per heavy atom. The number of amides is 2. The Kier molecular flexibility index (Phi) is 9.80. The van der Waals surface area contributed by atoms with E-state index in [4.69, 9.17) is 23.9 Å². The number of rotatable bonds is 13. The predicted octanol–water partition coefficient (Wildman–Crippen LogP) is 5.59. The lowest BCUT2D eigenvalue weighted by Crippen LogP contribution is -2.33. The number of aromatic nitrogens is 4. The van der Waals surface area contributed by atoms with Gasteiger partial charge in [0.2, 0.25) is 0 Å². The second-order valence-electron chi connectivity index (χ2n) is 11.2. The zero-order valence-electron chi connectivity index (χ0n) is 26.6. The van der Waals surface area contributed by atoms with E-state index in [-0.39, 0.29) is 19.3 Å². The molecule has 2 amide bonds. The third kappa shape index (κ3) is 7.22. The number of imide groups is 1. The highest BCUT2D eigenvalue weighted by Gasteiger charge is 2.32. The van der Waals surface area contributed by atoms with E-state index in [1.807, 2.05) is 85.2 Å². The van der Waals surface area contributed by atoms with Crippen LogP contribution in [0, 0.1) is 0 Å². The molecule has 5 aromatic rings. The highest BCUT2D eigenvalue weighted by Crippen LogP contribution is 2.36. The number of hydrogen-bond donors (Lipinski definition) is 0. The molecule has 6 rings (SSSR count). The average molecular weight is 649 g/mol. The van der Waals surface area contributed by atoms with E-state index in [1.165, 1.54) is 0 Å². The molecule has 12 nitrogen and oxygen atoms in total. The van der Waals surface area contributed by atoms with Crippen molar-refractivity contribution in [1.29, 1.82) is 0 Å². The Labute approximate surface area is 276 Å². The summed E-state index contributed by atoms with van der Waals surface area (Å²) in [7, 11) is 3.25. The van der Waals surface area contributed by atoms with E-state index in [2.05, 4.69) is 14.9 Å². The predicted molar refractivity (Wildman–Crippen MR) is 175 cm³/mol. The van der Waals surface area contributed by atoms with Gasteiger partial charge in [-0.25, -0.2) is 19.0 Å². The summed E-state index contributed by atoms with van der Waals surface area (Å²) in [5.74, 6) is -0.0524. The van der Waals surface area contributed by atoms with Gasteiger partial charge in [0.05, 0.1) is 19.9 Å². The molecule has 0 saturated carbocycles. The minimum absolute atomic E-state index is 0.0803. The van der Waals surface area contributed by atoms with Gasteiger partial charge in [-0.05, 0) is 83.3 Å². The highest BCUT2D eigenvalue weighted by atomic mass is 16.7. The van der Waals surface area contributed by atoms with E-state index in [0.717, 1.165) is 53.1 Å². The number of hydroxylamine groups is 2. The molecule has 0 unspecified atom stereocenters. The summed E-state index contributed by atoms with van der Waals surface area (Å²) in [5.41, 5.74) is 5.94. The second kappa shape index (κ2) is 14.7. The number of fused-ring (bicyclic) bond motifs is 1. The number of benzene rings is 2. The minimum atomic E-state index is -0.573. The van der Waals surface area contributed by atoms with Gasteiger partial charge >= 0.3 is 5.97 Å². The van der Waals surface area contributed by atoms with Gasteiger partial charge in [0.15, 0.2) is 17.9 Å². The van der Waals surface area contributed by atoms with Crippen LogP contribution in [-0.4, -0.2) is 52.4 Å². The first-order chi connectivity index (χ1) is 23.4. The Morgan fingerprint density at radius 1 is 0.854 bits per heavy atom. The first-order valence-corrected chi connectivity index (χ1v) is 15.6. The number of aryl methyl sites for hydroxylation is 1. The van der Waals surface area contributed by atoms with Crippen LogP contribution in [0.3, 0.4) is 0 Å². The van der Waals surface area contributed by atoms with Crippen molar-refractivity contribution in [1.82, 2.24) is 20.4 Å². The van der Waals surface area contributed by atoms with Crippen molar-refractivity contribution < 1.29 is 37.9 Å². The molecule has 0 aliphatic carbocycles. The maximum atomic E-state index is 12.1. The number of unbranched alkanes of at least 4 members (excludes halogenated alkanes) is 2. The lowest BCUT2D eigenvalue weighted by molar-refractivity contribution is -0.697. The molecule has 1 fully saturated rings. The van der Waals surface area contributed by atoms with E-state index >= 15 is 0 Å². The SMILES string of the molecule is COc1ccc(-c2nc(/C=C/c3ccc[n+](CCCCCC(=O)ON4C(=O)CCC4=O)c3)c(-c3ccc(OC)cc3)c3nonc23)cc1. The number of carbonyl (C=O) groups is 3. The van der Waals surface area contributed by atoms with Crippen LogP contribution in [-0.2, 0) is 25.8 Å². The third-order valence-electron chi connectivity index (χ3n) is 7.99. The number of ether oxygens (including phenoxy) is 2. The molecule has 48 heavy (non-hydrogen) atoms. The number of pyridine rings is 2. The Hall–Kier alpha value is -5.91. The van der Waals surface area contributed by atoms with Crippen molar-refractivity contribution in [2.45, 2.75) is 45.1 Å². The van der Waals surface area contributed by atoms with Gasteiger partial charge in [-0.1, -0.05) is 12.1 Å². The maximum absolute atomic E-state index is 12.1. The summed E-state index contributed by atoms with van der Waals surface area (Å²) < 4.78 is 18.0. The van der Waals surface area contributed by atoms with Crippen LogP contribution in [0.5, 0.6) is 11.5 Å². The molecule has 1 aliphatic rings. The van der Waals surface area contributed by atoms with Crippen molar-refractivity contribution >= 4 is 41.0 Å². The molecular formula is C36H34N5O7+. The Bertz CT molecular complexity index is 1950. The summed E-state index contributed by atoms with van der Waals surface area (Å²) in [6, 6.07) is 19.3. The topological polar surface area (TPSA) is 138 Å². The van der Waals surface area contributed by atoms with E-state index < -0.39 is 17.8 Å². The lowest BCUT2D eigenvalue weighted by atomic mass is 9.99. The molecule has 1 saturated heterocycles. The zero-order chi connectivity index (χ0) is 33.5. The van der Waals surface area contributed by atoms with Crippen LogP contribution in [0.25, 0.3) is 45.6 Å². The Morgan fingerprint density at radius 2 is 1.52 bits per heavy atom. The molecule has 4 heterocycles. The first kappa shape index (κ1) is 32.0. The van der Waals surface area contributed by atoms with Gasteiger partial charge in [0, 0.05) is 48.4 Å². The first-order valence-electron chi connectivity index (χ1n) is 15.6. The van der Waals surface area contributed by atoms with Gasteiger partial charge in [0.1, 0.15) is 29.3 Å². The largest absolute Gasteiger partial charge is 0.497 e. The molecule has 244 valence electrons. The normalized spacial score (nSPS) is 13.1. The molecule has 2 aromatic carbocycles. The molecule has 0 radical (unpaired) electrons. The smallest absolute Gasteiger partial charge is 0.333 e. The Balaban J connectivity index is 1.19. The van der Waals surface area contributed by atoms with Crippen LogP contribution in [0.2, 0.25) is 0 Å². The average Bonchev–Trinajstić information content (AvgIpc) is 3.73. The van der Waals surface area contributed by atoms with Gasteiger partial charge in [-0.2, -0.15) is 0 Å². The molecular weight excluding hydrogens is 614 g/mol. The number of nitrogens with zero attached hydrogens (tertiary/aromatic N) is 5. The minimum Gasteiger partial charge on any atom is -0.497 e. The lowest BCUT2D eigenvalue weighted by Gasteiger charge is -2.12. The molecule has 0 spiro atoms. The monoisotopic (exact) mass is 648 g/mol. The van der Waals surface area contributed by atoms with Crippen LogP contribution >= 0.6 is 0 Å². The van der Waals surface area contributed by atoms with Crippen molar-refractivity contribution in [2.24, 2.45) is 0 Å². The fraction of sp³-hybridized carbons (Fsp3) is 0.250. The molecule has 12 heteroatoms. The summed E-state index contributed by atoms with van der Waals surface area (Å²) in [5, 5.41) is 9.11. The van der Waals surface area contributed by atoms with E-state index in [9.17, 15) is 14.4 Å². The summed E-state index contributed by atoms with van der Waals surface area (Å²) in [6.07, 6.45) is 10.5.